The smallest absolute Gasteiger partial charge is 0.229 e. The van der Waals surface area contributed by atoms with Crippen LogP contribution in [-0.2, 0) is 4.79 Å². The minimum atomic E-state index is -0.147. The third kappa shape index (κ3) is 3.18. The first-order valence-corrected chi connectivity index (χ1v) is 9.11. The van der Waals surface area contributed by atoms with Crippen LogP contribution in [0, 0.1) is 5.92 Å². The molecule has 2 saturated heterocycles. The first-order valence-electron chi connectivity index (χ1n) is 9.11. The Kier molecular flexibility index (Phi) is 4.86. The molecule has 2 N–H and O–H groups in total. The minimum absolute atomic E-state index is 0.0671. The second-order valence-electron chi connectivity index (χ2n) is 6.83. The molecule has 0 aliphatic carbocycles. The summed E-state index contributed by atoms with van der Waals surface area (Å²) >= 11 is 0. The minimum Gasteiger partial charge on any atom is -0.497 e. The number of hydrazine groups is 1. The highest BCUT2D eigenvalue weighted by molar-refractivity contribution is 5.81. The number of likely N-dealkylation sites (tertiary alicyclic amines) is 1. The van der Waals surface area contributed by atoms with E-state index < -0.39 is 0 Å². The van der Waals surface area contributed by atoms with Crippen LogP contribution in [0.15, 0.2) is 48.7 Å². The Morgan fingerprint density at radius 3 is 3.00 bits per heavy atom. The van der Waals surface area contributed by atoms with Gasteiger partial charge in [0, 0.05) is 19.3 Å². The van der Waals surface area contributed by atoms with Crippen molar-refractivity contribution in [2.75, 3.05) is 20.2 Å². The molecule has 0 saturated carbocycles. The van der Waals surface area contributed by atoms with E-state index in [0.29, 0.717) is 6.54 Å². The maximum atomic E-state index is 13.4. The van der Waals surface area contributed by atoms with Crippen molar-refractivity contribution in [1.82, 2.24) is 20.7 Å². The molecule has 1 aromatic heterocycles. The number of hydrogen-bond acceptors (Lipinski definition) is 5. The molecule has 0 spiro atoms. The van der Waals surface area contributed by atoms with Crippen LogP contribution < -0.4 is 15.6 Å². The number of hydrogen-bond donors (Lipinski definition) is 2. The van der Waals surface area contributed by atoms with Crippen LogP contribution in [0.25, 0.3) is 0 Å². The summed E-state index contributed by atoms with van der Waals surface area (Å²) in [5.74, 6) is 0.838. The molecule has 3 unspecified atom stereocenters. The fraction of sp³-hybridized carbons (Fsp3) is 0.400. The van der Waals surface area contributed by atoms with Crippen molar-refractivity contribution in [3.05, 3.63) is 59.9 Å². The van der Waals surface area contributed by atoms with Gasteiger partial charge in [0.2, 0.25) is 5.91 Å². The van der Waals surface area contributed by atoms with Gasteiger partial charge in [-0.15, -0.1) is 0 Å². The molecule has 26 heavy (non-hydrogen) atoms. The molecular weight excluding hydrogens is 328 g/mol. The number of carbonyl (C=O) groups excluding carboxylic acids is 1. The van der Waals surface area contributed by atoms with E-state index in [1.165, 1.54) is 0 Å². The number of amides is 1. The molecule has 2 aliphatic rings. The molecule has 2 aromatic rings. The number of nitrogens with zero attached hydrogens (tertiary/aromatic N) is 2. The summed E-state index contributed by atoms with van der Waals surface area (Å²) in [6.45, 7) is 1.41. The summed E-state index contributed by atoms with van der Waals surface area (Å²) in [7, 11) is 1.66. The third-order valence-electron chi connectivity index (χ3n) is 5.32. The predicted octanol–water partition coefficient (Wildman–Crippen LogP) is 2.22. The standard InChI is InChI=1S/C20H24N4O2/c1-26-15-7-4-6-14(12-15)19-16(13-22-23-19)20(25)24-11-5-9-18(24)17-8-2-3-10-21-17/h2-4,6-8,10,12,16,18-19,22-23H,5,9,11,13H2,1H3. The highest BCUT2D eigenvalue weighted by Crippen LogP contribution is 2.35. The van der Waals surface area contributed by atoms with Crippen molar-refractivity contribution in [3.63, 3.8) is 0 Å². The fourth-order valence-electron chi connectivity index (χ4n) is 4.00. The van der Waals surface area contributed by atoms with Crippen molar-refractivity contribution < 1.29 is 9.53 Å². The van der Waals surface area contributed by atoms with Gasteiger partial charge in [0.1, 0.15) is 5.75 Å². The number of ether oxygens (including phenoxy) is 1. The van der Waals surface area contributed by atoms with E-state index in [2.05, 4.69) is 15.8 Å². The van der Waals surface area contributed by atoms with Crippen LogP contribution >= 0.6 is 0 Å². The maximum Gasteiger partial charge on any atom is 0.229 e. The number of aromatic nitrogens is 1. The zero-order chi connectivity index (χ0) is 17.9. The van der Waals surface area contributed by atoms with E-state index in [-0.39, 0.29) is 23.9 Å². The van der Waals surface area contributed by atoms with Crippen LogP contribution in [-0.4, -0.2) is 36.0 Å². The predicted molar refractivity (Wildman–Crippen MR) is 98.3 cm³/mol. The molecule has 1 amide bonds. The molecule has 0 bridgehead atoms. The van der Waals surface area contributed by atoms with Crippen molar-refractivity contribution in [2.24, 2.45) is 5.92 Å². The Bertz CT molecular complexity index is 767. The monoisotopic (exact) mass is 352 g/mol. The topological polar surface area (TPSA) is 66.5 Å². The molecule has 6 heteroatoms. The first kappa shape index (κ1) is 17.0. The van der Waals surface area contributed by atoms with Gasteiger partial charge in [-0.2, -0.15) is 0 Å². The molecule has 3 heterocycles. The van der Waals surface area contributed by atoms with Gasteiger partial charge in [0.05, 0.1) is 30.8 Å². The van der Waals surface area contributed by atoms with E-state index >= 15 is 0 Å². The summed E-state index contributed by atoms with van der Waals surface area (Å²) in [5.41, 5.74) is 8.47. The average Bonchev–Trinajstić information content (AvgIpc) is 3.38. The number of rotatable bonds is 4. The second kappa shape index (κ2) is 7.43. The summed E-state index contributed by atoms with van der Waals surface area (Å²) in [6, 6.07) is 13.8. The number of carbonyl (C=O) groups is 1. The molecule has 136 valence electrons. The Morgan fingerprint density at radius 2 is 2.19 bits per heavy atom. The number of nitrogens with one attached hydrogen (secondary N) is 2. The lowest BCUT2D eigenvalue weighted by Gasteiger charge is -2.29. The molecule has 3 atom stereocenters. The summed E-state index contributed by atoms with van der Waals surface area (Å²) < 4.78 is 5.33. The highest BCUT2D eigenvalue weighted by atomic mass is 16.5. The molecule has 1 aromatic carbocycles. The van der Waals surface area contributed by atoms with Crippen LogP contribution in [0.2, 0.25) is 0 Å². The molecular formula is C20H24N4O2. The third-order valence-corrected chi connectivity index (χ3v) is 5.32. The van der Waals surface area contributed by atoms with Gasteiger partial charge in [-0.1, -0.05) is 18.2 Å². The maximum absolute atomic E-state index is 13.4. The van der Waals surface area contributed by atoms with Gasteiger partial charge in [-0.25, -0.2) is 5.43 Å². The highest BCUT2D eigenvalue weighted by Gasteiger charge is 2.40. The second-order valence-corrected chi connectivity index (χ2v) is 6.83. The largest absolute Gasteiger partial charge is 0.497 e. The Balaban J connectivity index is 1.56. The number of methoxy groups -OCH3 is 1. The van der Waals surface area contributed by atoms with Crippen LogP contribution in [0.1, 0.15) is 36.2 Å². The van der Waals surface area contributed by atoms with Gasteiger partial charge in [-0.3, -0.25) is 15.2 Å². The van der Waals surface area contributed by atoms with Gasteiger partial charge < -0.3 is 9.64 Å². The van der Waals surface area contributed by atoms with Gasteiger partial charge in [-0.05, 0) is 42.7 Å². The van der Waals surface area contributed by atoms with E-state index in [4.69, 9.17) is 4.74 Å². The van der Waals surface area contributed by atoms with Crippen molar-refractivity contribution in [2.45, 2.75) is 24.9 Å². The lowest BCUT2D eigenvalue weighted by molar-refractivity contribution is -0.136. The van der Waals surface area contributed by atoms with Crippen LogP contribution in [0.3, 0.4) is 0 Å². The lowest BCUT2D eigenvalue weighted by atomic mass is 9.93. The van der Waals surface area contributed by atoms with E-state index in [9.17, 15) is 4.79 Å². The number of benzene rings is 1. The number of pyridine rings is 1. The van der Waals surface area contributed by atoms with Gasteiger partial charge >= 0.3 is 0 Å². The average molecular weight is 352 g/mol. The van der Waals surface area contributed by atoms with E-state index in [0.717, 1.165) is 36.4 Å². The summed E-state index contributed by atoms with van der Waals surface area (Å²) in [4.78, 5) is 19.8. The van der Waals surface area contributed by atoms with E-state index in [1.807, 2.05) is 47.4 Å². The Morgan fingerprint density at radius 1 is 1.27 bits per heavy atom. The van der Waals surface area contributed by atoms with Gasteiger partial charge in [0.25, 0.3) is 0 Å². The zero-order valence-corrected chi connectivity index (χ0v) is 14.9. The summed E-state index contributed by atoms with van der Waals surface area (Å²) in [5, 5.41) is 0. The van der Waals surface area contributed by atoms with Crippen molar-refractivity contribution >= 4 is 5.91 Å². The molecule has 2 fully saturated rings. The molecule has 6 nitrogen and oxygen atoms in total. The Hall–Kier alpha value is -2.44. The van der Waals surface area contributed by atoms with Crippen LogP contribution in [0.5, 0.6) is 5.75 Å². The van der Waals surface area contributed by atoms with Crippen LogP contribution in [0.4, 0.5) is 0 Å². The fourth-order valence-corrected chi connectivity index (χ4v) is 4.00. The quantitative estimate of drug-likeness (QED) is 0.883. The Labute approximate surface area is 153 Å². The lowest BCUT2D eigenvalue weighted by Crippen LogP contribution is -2.39. The zero-order valence-electron chi connectivity index (χ0n) is 14.9. The van der Waals surface area contributed by atoms with E-state index in [1.54, 1.807) is 13.3 Å². The van der Waals surface area contributed by atoms with Gasteiger partial charge in [0.15, 0.2) is 0 Å². The molecule has 2 aliphatic heterocycles. The van der Waals surface area contributed by atoms with Crippen molar-refractivity contribution in [3.8, 4) is 5.75 Å². The summed E-state index contributed by atoms with van der Waals surface area (Å²) in [6.07, 6.45) is 3.79. The molecule has 0 radical (unpaired) electrons. The SMILES string of the molecule is COc1cccc(C2NNCC2C(=O)N2CCCC2c2ccccn2)c1. The first-order chi connectivity index (χ1) is 12.8. The normalized spacial score (nSPS) is 25.4. The van der Waals surface area contributed by atoms with Crippen molar-refractivity contribution in [1.29, 1.82) is 0 Å². The molecule has 4 rings (SSSR count).